The molecule has 0 radical (unpaired) electrons. The van der Waals surface area contributed by atoms with Gasteiger partial charge in [0, 0.05) is 59.9 Å². The highest BCUT2D eigenvalue weighted by atomic mass is 16.2. The van der Waals surface area contributed by atoms with Crippen molar-refractivity contribution in [3.05, 3.63) is 96.7 Å². The first kappa shape index (κ1) is 28.9. The molecule has 2 aliphatic rings. The minimum absolute atomic E-state index is 0.242. The van der Waals surface area contributed by atoms with Gasteiger partial charge in [-0.25, -0.2) is 9.97 Å². The van der Waals surface area contributed by atoms with Crippen LogP contribution in [0.15, 0.2) is 85.6 Å². The molecule has 7 rings (SSSR count). The first-order valence-electron chi connectivity index (χ1n) is 15.8. The topological polar surface area (TPSA) is 114 Å². The van der Waals surface area contributed by atoms with Gasteiger partial charge in [-0.2, -0.15) is 0 Å². The Hall–Kier alpha value is -4.89. The number of pyridine rings is 1. The predicted molar refractivity (Wildman–Crippen MR) is 176 cm³/mol. The Morgan fingerprint density at radius 2 is 1.76 bits per heavy atom. The maximum Gasteiger partial charge on any atom is 0.252 e. The van der Waals surface area contributed by atoms with Crippen LogP contribution in [0.2, 0.25) is 0 Å². The fourth-order valence-corrected chi connectivity index (χ4v) is 7.01. The van der Waals surface area contributed by atoms with Crippen molar-refractivity contribution in [3.63, 3.8) is 0 Å². The summed E-state index contributed by atoms with van der Waals surface area (Å²) in [5, 5.41) is 10.6. The van der Waals surface area contributed by atoms with E-state index in [1.54, 1.807) is 12.4 Å². The minimum Gasteiger partial charge on any atom is -0.342 e. The van der Waals surface area contributed by atoms with Crippen LogP contribution in [0.1, 0.15) is 60.4 Å². The van der Waals surface area contributed by atoms with Crippen LogP contribution in [0.5, 0.6) is 0 Å². The lowest BCUT2D eigenvalue weighted by molar-refractivity contribution is -0.121. The van der Waals surface area contributed by atoms with Gasteiger partial charge in [0.25, 0.3) is 11.8 Å². The van der Waals surface area contributed by atoms with Gasteiger partial charge in [-0.05, 0) is 79.3 Å². The summed E-state index contributed by atoms with van der Waals surface area (Å²) in [4.78, 5) is 40.4. The average Bonchev–Trinajstić information content (AvgIpc) is 3.69. The van der Waals surface area contributed by atoms with Crippen LogP contribution in [0.3, 0.4) is 0 Å². The quantitative estimate of drug-likeness (QED) is 0.216. The molecular weight excluding hydrogens is 562 g/mol. The molecule has 2 aromatic carbocycles. The zero-order valence-corrected chi connectivity index (χ0v) is 25.4. The third-order valence-corrected chi connectivity index (χ3v) is 9.40. The summed E-state index contributed by atoms with van der Waals surface area (Å²) in [5.41, 5.74) is 6.36. The minimum atomic E-state index is -1.07. The smallest absolute Gasteiger partial charge is 0.252 e. The van der Waals surface area contributed by atoms with Crippen LogP contribution in [-0.2, 0) is 11.8 Å². The maximum atomic E-state index is 13.8. The number of amides is 2. The lowest BCUT2D eigenvalue weighted by atomic mass is 9.82. The molecule has 1 aliphatic carbocycles. The molecule has 2 fully saturated rings. The van der Waals surface area contributed by atoms with Gasteiger partial charge >= 0.3 is 0 Å². The number of carbonyl (C=O) groups is 2. The average molecular weight is 600 g/mol. The first-order chi connectivity index (χ1) is 22.0. The molecule has 0 unspecified atom stereocenters. The van der Waals surface area contributed by atoms with E-state index in [-0.39, 0.29) is 11.8 Å². The fraction of sp³-hybridized carbons (Fsp3) is 0.306. The summed E-state index contributed by atoms with van der Waals surface area (Å²) >= 11 is 0. The highest BCUT2D eigenvalue weighted by molar-refractivity contribution is 6.06. The number of nitrogens with one attached hydrogen (secondary N) is 3. The van der Waals surface area contributed by atoms with E-state index in [9.17, 15) is 9.59 Å². The molecular formula is C36H37N7O2. The summed E-state index contributed by atoms with van der Waals surface area (Å²) in [6.07, 6.45) is 13.4. The van der Waals surface area contributed by atoms with Gasteiger partial charge in [0.15, 0.2) is 0 Å². The number of fused-ring (bicyclic) bond motifs is 1. The largest absolute Gasteiger partial charge is 0.342 e. The lowest BCUT2D eigenvalue weighted by Crippen LogP contribution is -2.58. The predicted octanol–water partition coefficient (Wildman–Crippen LogP) is 5.85. The van der Waals surface area contributed by atoms with Crippen molar-refractivity contribution < 1.29 is 9.59 Å². The standard InChI is InChI=1S/C36H37N7O2/c1-43-31-19-26(12-15-29(31)32(25-7-3-2-4-8-25)33(43)30-9-5-6-17-40-30)34(44)42-36(16-18-37-22-36)35(45)41-28-13-10-24(11-14-28)27-20-38-23-39-21-27/h5-6,9-15,17,19-21,23,25,37H,2-4,7-8,16,18,22H2,1H3,(H,41,45)(H,42,44)/t36-/m0/s1. The third-order valence-electron chi connectivity index (χ3n) is 9.40. The number of hydrogen-bond acceptors (Lipinski definition) is 6. The summed E-state index contributed by atoms with van der Waals surface area (Å²) in [6.45, 7) is 0.988. The van der Waals surface area contributed by atoms with E-state index in [4.69, 9.17) is 4.98 Å². The normalized spacial score (nSPS) is 18.6. The van der Waals surface area contributed by atoms with E-state index in [1.165, 1.54) is 36.5 Å². The van der Waals surface area contributed by atoms with Crippen molar-refractivity contribution in [2.24, 2.45) is 7.05 Å². The fourth-order valence-electron chi connectivity index (χ4n) is 7.01. The Labute approximate surface area is 262 Å². The summed E-state index contributed by atoms with van der Waals surface area (Å²) in [6, 6.07) is 19.5. The second-order valence-corrected chi connectivity index (χ2v) is 12.2. The van der Waals surface area contributed by atoms with Gasteiger partial charge < -0.3 is 20.5 Å². The Kier molecular flexibility index (Phi) is 7.85. The van der Waals surface area contributed by atoms with Gasteiger partial charge in [0.05, 0.1) is 11.4 Å². The van der Waals surface area contributed by atoms with Gasteiger partial charge in [0.2, 0.25) is 0 Å². The van der Waals surface area contributed by atoms with Crippen LogP contribution in [-0.4, -0.2) is 50.0 Å². The van der Waals surface area contributed by atoms with Crippen molar-refractivity contribution in [2.45, 2.75) is 50.0 Å². The van der Waals surface area contributed by atoms with E-state index in [0.717, 1.165) is 40.9 Å². The van der Waals surface area contributed by atoms with E-state index in [2.05, 4.69) is 49.7 Å². The van der Waals surface area contributed by atoms with Crippen molar-refractivity contribution in [1.82, 2.24) is 30.2 Å². The molecule has 3 aromatic heterocycles. The van der Waals surface area contributed by atoms with Gasteiger partial charge in [-0.3, -0.25) is 14.6 Å². The number of benzene rings is 2. The lowest BCUT2D eigenvalue weighted by Gasteiger charge is -2.28. The maximum absolute atomic E-state index is 13.8. The van der Waals surface area contributed by atoms with Crippen molar-refractivity contribution in [2.75, 3.05) is 18.4 Å². The van der Waals surface area contributed by atoms with Crippen molar-refractivity contribution in [3.8, 4) is 22.5 Å². The van der Waals surface area contributed by atoms with E-state index >= 15 is 0 Å². The van der Waals surface area contributed by atoms with Crippen LogP contribution >= 0.6 is 0 Å². The number of anilines is 1. The van der Waals surface area contributed by atoms with E-state index < -0.39 is 5.54 Å². The second-order valence-electron chi connectivity index (χ2n) is 12.2. The van der Waals surface area contributed by atoms with Gasteiger partial charge in [0.1, 0.15) is 11.9 Å². The number of hydrogen-bond donors (Lipinski definition) is 3. The number of aromatic nitrogens is 4. The number of aryl methyl sites for hydroxylation is 1. The molecule has 0 spiro atoms. The van der Waals surface area contributed by atoms with Gasteiger partial charge in [-0.1, -0.05) is 43.5 Å². The number of nitrogens with zero attached hydrogens (tertiary/aromatic N) is 4. The summed E-state index contributed by atoms with van der Waals surface area (Å²) in [5.74, 6) is -0.0469. The van der Waals surface area contributed by atoms with Crippen molar-refractivity contribution >= 4 is 28.4 Å². The molecule has 1 saturated heterocycles. The third kappa shape index (κ3) is 5.60. The Bertz CT molecular complexity index is 1820. The second kappa shape index (κ2) is 12.2. The molecule has 2 amide bonds. The number of rotatable bonds is 7. The highest BCUT2D eigenvalue weighted by Gasteiger charge is 2.43. The molecule has 1 atom stereocenters. The van der Waals surface area contributed by atoms with E-state index in [0.29, 0.717) is 36.7 Å². The Morgan fingerprint density at radius 3 is 2.47 bits per heavy atom. The molecule has 228 valence electrons. The van der Waals surface area contributed by atoms with Crippen LogP contribution < -0.4 is 16.0 Å². The molecule has 9 heteroatoms. The Balaban J connectivity index is 1.16. The number of carbonyl (C=O) groups excluding carboxylic acids is 2. The SMILES string of the molecule is Cn1c(-c2ccccn2)c(C2CCCCC2)c2ccc(C(=O)N[C@@]3(C(=O)Nc4ccc(-c5cncnc5)cc4)CCNC3)cc21. The molecule has 1 aliphatic heterocycles. The van der Waals surface area contributed by atoms with Crippen LogP contribution in [0.25, 0.3) is 33.4 Å². The first-order valence-corrected chi connectivity index (χ1v) is 15.8. The molecule has 45 heavy (non-hydrogen) atoms. The van der Waals surface area contributed by atoms with Gasteiger partial charge in [-0.15, -0.1) is 0 Å². The Morgan fingerprint density at radius 1 is 0.956 bits per heavy atom. The molecule has 5 aromatic rings. The monoisotopic (exact) mass is 599 g/mol. The molecule has 0 bridgehead atoms. The zero-order chi connectivity index (χ0) is 30.8. The highest BCUT2D eigenvalue weighted by Crippen LogP contribution is 2.43. The van der Waals surface area contributed by atoms with E-state index in [1.807, 2.05) is 54.7 Å². The molecule has 9 nitrogen and oxygen atoms in total. The van der Waals surface area contributed by atoms with Crippen molar-refractivity contribution in [1.29, 1.82) is 0 Å². The van der Waals surface area contributed by atoms with Crippen LogP contribution in [0, 0.1) is 0 Å². The molecule has 4 heterocycles. The molecule has 3 N–H and O–H groups in total. The van der Waals surface area contributed by atoms with Crippen LogP contribution in [0.4, 0.5) is 5.69 Å². The zero-order valence-electron chi connectivity index (χ0n) is 25.4. The summed E-state index contributed by atoms with van der Waals surface area (Å²) < 4.78 is 2.18. The summed E-state index contributed by atoms with van der Waals surface area (Å²) in [7, 11) is 2.06. The molecule has 1 saturated carbocycles.